The number of ether oxygens (including phenoxy) is 1. The van der Waals surface area contributed by atoms with Crippen molar-refractivity contribution in [2.75, 3.05) is 32.5 Å². The average Bonchev–Trinajstić information content (AvgIpc) is 2.28. The van der Waals surface area contributed by atoms with Gasteiger partial charge in [-0.15, -0.1) is 0 Å². The van der Waals surface area contributed by atoms with E-state index in [9.17, 15) is 13.2 Å². The number of nitrogens with zero attached hydrogens (tertiary/aromatic N) is 1. The van der Waals surface area contributed by atoms with Crippen LogP contribution in [-0.2, 0) is 19.6 Å². The van der Waals surface area contributed by atoms with Crippen LogP contribution in [0.15, 0.2) is 0 Å². The van der Waals surface area contributed by atoms with E-state index in [1.165, 1.54) is 11.4 Å². The number of nitrogens with one attached hydrogen (secondary N) is 1. The molecule has 0 aromatic carbocycles. The normalized spacial score (nSPS) is 22.4. The second-order valence-corrected chi connectivity index (χ2v) is 6.30. The van der Waals surface area contributed by atoms with Crippen LogP contribution in [0.4, 0.5) is 0 Å². The maximum absolute atomic E-state index is 11.9. The highest BCUT2D eigenvalue weighted by molar-refractivity contribution is 7.89. The number of carbonyl (C=O) groups excluding carboxylic acids is 1. The molecule has 1 aliphatic rings. The van der Waals surface area contributed by atoms with Gasteiger partial charge < -0.3 is 10.1 Å². The molecule has 7 heteroatoms. The van der Waals surface area contributed by atoms with E-state index in [1.807, 2.05) is 6.92 Å². The van der Waals surface area contributed by atoms with Crippen molar-refractivity contribution in [1.29, 1.82) is 0 Å². The van der Waals surface area contributed by atoms with Crippen molar-refractivity contribution in [3.05, 3.63) is 0 Å². The van der Waals surface area contributed by atoms with Crippen LogP contribution in [0.5, 0.6) is 0 Å². The number of sulfonamides is 1. The van der Waals surface area contributed by atoms with E-state index in [0.29, 0.717) is 26.1 Å². The summed E-state index contributed by atoms with van der Waals surface area (Å²) in [5.41, 5.74) is 0. The first-order chi connectivity index (χ1) is 7.95. The maximum atomic E-state index is 11.9. The molecule has 0 amide bonds. The molecule has 100 valence electrons. The van der Waals surface area contributed by atoms with E-state index >= 15 is 0 Å². The lowest BCUT2D eigenvalue weighted by Crippen LogP contribution is -2.51. The Morgan fingerprint density at radius 1 is 1.53 bits per heavy atom. The van der Waals surface area contributed by atoms with Gasteiger partial charge in [0.1, 0.15) is 0 Å². The minimum Gasteiger partial charge on any atom is -0.469 e. The molecule has 1 rings (SSSR count). The Balaban J connectivity index is 2.42. The molecule has 17 heavy (non-hydrogen) atoms. The molecule has 0 aromatic rings. The SMILES string of the molecule is COC(=O)CCCS(=O)(=O)N1CCN[C@H](C)C1. The number of hydrogen-bond donors (Lipinski definition) is 1. The molecule has 0 aliphatic carbocycles. The molecule has 1 heterocycles. The number of piperazine rings is 1. The maximum Gasteiger partial charge on any atom is 0.305 e. The second kappa shape index (κ2) is 6.32. The van der Waals surface area contributed by atoms with E-state index in [1.54, 1.807) is 0 Å². The summed E-state index contributed by atoms with van der Waals surface area (Å²) in [5, 5.41) is 3.19. The van der Waals surface area contributed by atoms with E-state index in [2.05, 4.69) is 10.1 Å². The van der Waals surface area contributed by atoms with Crippen molar-refractivity contribution in [3.8, 4) is 0 Å². The lowest BCUT2D eigenvalue weighted by Gasteiger charge is -2.30. The Kier molecular flexibility index (Phi) is 5.35. The molecular formula is C10H20N2O4S. The van der Waals surface area contributed by atoms with Gasteiger partial charge in [-0.25, -0.2) is 8.42 Å². The van der Waals surface area contributed by atoms with Gasteiger partial charge in [-0.3, -0.25) is 4.79 Å². The molecule has 1 saturated heterocycles. The Hall–Kier alpha value is -0.660. The highest BCUT2D eigenvalue weighted by Crippen LogP contribution is 2.09. The Morgan fingerprint density at radius 2 is 2.24 bits per heavy atom. The highest BCUT2D eigenvalue weighted by Gasteiger charge is 2.26. The molecule has 0 radical (unpaired) electrons. The topological polar surface area (TPSA) is 75.7 Å². The number of rotatable bonds is 5. The summed E-state index contributed by atoms with van der Waals surface area (Å²) >= 11 is 0. The van der Waals surface area contributed by atoms with Crippen LogP contribution in [0, 0.1) is 0 Å². The highest BCUT2D eigenvalue weighted by atomic mass is 32.2. The average molecular weight is 264 g/mol. The number of hydrogen-bond acceptors (Lipinski definition) is 5. The Morgan fingerprint density at radius 3 is 2.82 bits per heavy atom. The van der Waals surface area contributed by atoms with Gasteiger partial charge >= 0.3 is 5.97 Å². The molecule has 1 atom stereocenters. The fourth-order valence-corrected chi connectivity index (χ4v) is 3.37. The van der Waals surface area contributed by atoms with Gasteiger partial charge in [0, 0.05) is 32.1 Å². The van der Waals surface area contributed by atoms with Crippen molar-refractivity contribution in [2.45, 2.75) is 25.8 Å². The summed E-state index contributed by atoms with van der Waals surface area (Å²) in [6.07, 6.45) is 0.463. The van der Waals surface area contributed by atoms with Crippen molar-refractivity contribution in [1.82, 2.24) is 9.62 Å². The fraction of sp³-hybridized carbons (Fsp3) is 0.900. The molecule has 1 aliphatic heterocycles. The minimum absolute atomic E-state index is 0.00875. The van der Waals surface area contributed by atoms with Crippen LogP contribution in [-0.4, -0.2) is 57.2 Å². The molecule has 0 aromatic heterocycles. The first-order valence-corrected chi connectivity index (χ1v) is 7.34. The van der Waals surface area contributed by atoms with Crippen LogP contribution in [0.1, 0.15) is 19.8 Å². The molecule has 0 bridgehead atoms. The lowest BCUT2D eigenvalue weighted by molar-refractivity contribution is -0.140. The zero-order valence-corrected chi connectivity index (χ0v) is 11.1. The molecule has 0 unspecified atom stereocenters. The summed E-state index contributed by atoms with van der Waals surface area (Å²) in [5.74, 6) is -0.358. The van der Waals surface area contributed by atoms with Gasteiger partial charge in [-0.2, -0.15) is 4.31 Å². The second-order valence-electron chi connectivity index (χ2n) is 4.21. The predicted octanol–water partition coefficient (Wildman–Crippen LogP) is -0.437. The third-order valence-electron chi connectivity index (χ3n) is 2.74. The first-order valence-electron chi connectivity index (χ1n) is 5.73. The van der Waals surface area contributed by atoms with E-state index in [0.717, 1.165) is 0 Å². The van der Waals surface area contributed by atoms with E-state index < -0.39 is 10.0 Å². The van der Waals surface area contributed by atoms with Gasteiger partial charge in [0.05, 0.1) is 12.9 Å². The molecular weight excluding hydrogens is 244 g/mol. The monoisotopic (exact) mass is 264 g/mol. The first kappa shape index (κ1) is 14.4. The summed E-state index contributed by atoms with van der Waals surface area (Å²) in [4.78, 5) is 10.9. The van der Waals surface area contributed by atoms with E-state index in [4.69, 9.17) is 0 Å². The quantitative estimate of drug-likeness (QED) is 0.682. The molecule has 1 N–H and O–H groups in total. The lowest BCUT2D eigenvalue weighted by atomic mass is 10.3. The molecule has 0 saturated carbocycles. The molecule has 1 fully saturated rings. The predicted molar refractivity (Wildman–Crippen MR) is 64.1 cm³/mol. The third-order valence-corrected chi connectivity index (χ3v) is 4.66. The van der Waals surface area contributed by atoms with Crippen molar-refractivity contribution in [2.24, 2.45) is 0 Å². The van der Waals surface area contributed by atoms with Crippen molar-refractivity contribution < 1.29 is 17.9 Å². The summed E-state index contributed by atoms with van der Waals surface area (Å²) in [7, 11) is -1.93. The summed E-state index contributed by atoms with van der Waals surface area (Å²) in [6.45, 7) is 3.64. The van der Waals surface area contributed by atoms with Gasteiger partial charge in [0.25, 0.3) is 0 Å². The minimum atomic E-state index is -3.23. The van der Waals surface area contributed by atoms with Crippen molar-refractivity contribution >= 4 is 16.0 Å². The van der Waals surface area contributed by atoms with Crippen LogP contribution in [0.2, 0.25) is 0 Å². The zero-order valence-electron chi connectivity index (χ0n) is 10.3. The van der Waals surface area contributed by atoms with Crippen LogP contribution >= 0.6 is 0 Å². The Labute approximate surface area is 102 Å². The number of methoxy groups -OCH3 is 1. The van der Waals surface area contributed by atoms with Gasteiger partial charge in [-0.05, 0) is 13.3 Å². The van der Waals surface area contributed by atoms with E-state index in [-0.39, 0.29) is 24.2 Å². The summed E-state index contributed by atoms with van der Waals surface area (Å²) in [6, 6.07) is 0.180. The zero-order chi connectivity index (χ0) is 12.9. The van der Waals surface area contributed by atoms with Gasteiger partial charge in [0.2, 0.25) is 10.0 Å². The Bertz CT molecular complexity index is 355. The van der Waals surface area contributed by atoms with Gasteiger partial charge in [0.15, 0.2) is 0 Å². The largest absolute Gasteiger partial charge is 0.469 e. The van der Waals surface area contributed by atoms with Crippen LogP contribution in [0.25, 0.3) is 0 Å². The number of carbonyl (C=O) groups is 1. The standard InChI is InChI=1S/C10H20N2O4S/c1-9-8-12(6-5-11-9)17(14,15)7-3-4-10(13)16-2/h9,11H,3-8H2,1-2H3/t9-/m1/s1. The third kappa shape index (κ3) is 4.61. The van der Waals surface area contributed by atoms with Crippen LogP contribution in [0.3, 0.4) is 0 Å². The molecule has 0 spiro atoms. The van der Waals surface area contributed by atoms with Crippen LogP contribution < -0.4 is 5.32 Å². The summed E-state index contributed by atoms with van der Waals surface area (Å²) < 4.78 is 29.9. The van der Waals surface area contributed by atoms with Crippen molar-refractivity contribution in [3.63, 3.8) is 0 Å². The number of esters is 1. The molecule has 6 nitrogen and oxygen atoms in total. The fourth-order valence-electron chi connectivity index (χ4n) is 1.78. The van der Waals surface area contributed by atoms with Gasteiger partial charge in [-0.1, -0.05) is 0 Å². The smallest absolute Gasteiger partial charge is 0.305 e.